The van der Waals surface area contributed by atoms with Crippen molar-refractivity contribution in [2.24, 2.45) is 7.05 Å². The monoisotopic (exact) mass is 336 g/mol. The number of nitrogens with zero attached hydrogens (tertiary/aromatic N) is 2. The zero-order valence-electron chi connectivity index (χ0n) is 14.4. The van der Waals surface area contributed by atoms with Gasteiger partial charge in [0, 0.05) is 17.5 Å². The van der Waals surface area contributed by atoms with E-state index in [1.165, 1.54) is 0 Å². The number of thiocyanates is 1. The van der Waals surface area contributed by atoms with Gasteiger partial charge in [-0.3, -0.25) is 4.79 Å². The van der Waals surface area contributed by atoms with Gasteiger partial charge in [-0.1, -0.05) is 24.3 Å². The van der Waals surface area contributed by atoms with Crippen LogP contribution in [0.15, 0.2) is 46.1 Å². The first-order valence-corrected chi connectivity index (χ1v) is 8.41. The molecule has 0 amide bonds. The van der Waals surface area contributed by atoms with Gasteiger partial charge in [-0.15, -0.1) is 0 Å². The zero-order valence-corrected chi connectivity index (χ0v) is 15.2. The lowest BCUT2D eigenvalue weighted by Gasteiger charge is -2.10. The Morgan fingerprint density at radius 2 is 2.04 bits per heavy atom. The maximum Gasteiger partial charge on any atom is 0.258 e. The molecule has 122 valence electrons. The largest absolute Gasteiger partial charge is 0.311 e. The molecule has 2 rings (SSSR count). The topological polar surface area (TPSA) is 45.8 Å². The second-order valence-electron chi connectivity index (χ2n) is 5.71. The van der Waals surface area contributed by atoms with Crippen LogP contribution in [0.2, 0.25) is 0 Å². The number of thioether (sulfide) groups is 1. The summed E-state index contributed by atoms with van der Waals surface area (Å²) in [6.07, 6.45) is 3.90. The number of nitriles is 1. The summed E-state index contributed by atoms with van der Waals surface area (Å²) in [4.78, 5) is 13.7. The number of benzene rings is 1. The first-order valence-electron chi connectivity index (χ1n) is 7.59. The summed E-state index contributed by atoms with van der Waals surface area (Å²) in [7, 11) is 1.77. The van der Waals surface area contributed by atoms with Crippen molar-refractivity contribution in [2.75, 3.05) is 0 Å². The van der Waals surface area contributed by atoms with Crippen molar-refractivity contribution in [1.29, 1.82) is 5.26 Å². The lowest BCUT2D eigenvalue weighted by atomic mass is 10.0. The molecule has 0 radical (unpaired) electrons. The zero-order chi connectivity index (χ0) is 17.9. The number of aryl methyl sites for hydroxylation is 1. The van der Waals surface area contributed by atoms with E-state index < -0.39 is 0 Å². The van der Waals surface area contributed by atoms with Crippen LogP contribution in [0.4, 0.5) is 0 Å². The van der Waals surface area contributed by atoms with Crippen molar-refractivity contribution < 1.29 is 0 Å². The van der Waals surface area contributed by atoms with E-state index in [1.54, 1.807) is 11.6 Å². The van der Waals surface area contributed by atoms with Crippen LogP contribution < -0.4 is 16.1 Å². The van der Waals surface area contributed by atoms with Gasteiger partial charge < -0.3 is 4.57 Å². The van der Waals surface area contributed by atoms with Crippen molar-refractivity contribution in [2.45, 2.75) is 25.7 Å². The smallest absolute Gasteiger partial charge is 0.258 e. The molecule has 1 aromatic heterocycles. The van der Waals surface area contributed by atoms with Crippen molar-refractivity contribution in [1.82, 2.24) is 4.57 Å². The Morgan fingerprint density at radius 1 is 1.33 bits per heavy atom. The number of rotatable bonds is 3. The third-order valence-corrected chi connectivity index (χ3v) is 4.43. The van der Waals surface area contributed by atoms with E-state index in [1.807, 2.05) is 57.2 Å². The number of aromatic nitrogens is 1. The van der Waals surface area contributed by atoms with Crippen molar-refractivity contribution in [3.63, 3.8) is 0 Å². The van der Waals surface area contributed by atoms with Crippen LogP contribution in [-0.2, 0) is 7.05 Å². The first kappa shape index (κ1) is 17.8. The van der Waals surface area contributed by atoms with Crippen LogP contribution in [0.3, 0.4) is 0 Å². The minimum absolute atomic E-state index is 0.0599. The van der Waals surface area contributed by atoms with E-state index in [2.05, 4.69) is 12.0 Å². The van der Waals surface area contributed by atoms with Gasteiger partial charge in [0.2, 0.25) is 0 Å². The van der Waals surface area contributed by atoms with Gasteiger partial charge >= 0.3 is 0 Å². The van der Waals surface area contributed by atoms with E-state index in [9.17, 15) is 4.79 Å². The molecular formula is C20H20N2OS. The summed E-state index contributed by atoms with van der Waals surface area (Å²) in [5.41, 5.74) is 3.34. The molecule has 0 aliphatic carbocycles. The second kappa shape index (κ2) is 7.37. The van der Waals surface area contributed by atoms with E-state index in [4.69, 9.17) is 5.26 Å². The molecule has 0 fully saturated rings. The highest BCUT2D eigenvalue weighted by Gasteiger charge is 2.10. The molecule has 0 saturated heterocycles. The SMILES string of the molecule is C=C(C)/C=c1\c(=CC)cc(-c2cc(SC#N)ccc2C)c(=O)n1C. The second-order valence-corrected chi connectivity index (χ2v) is 6.57. The summed E-state index contributed by atoms with van der Waals surface area (Å²) >= 11 is 1.10. The fraction of sp³-hybridized carbons (Fsp3) is 0.200. The Bertz CT molecular complexity index is 1020. The predicted octanol–water partition coefficient (Wildman–Crippen LogP) is 3.09. The summed E-state index contributed by atoms with van der Waals surface area (Å²) in [5, 5.41) is 12.8. The summed E-state index contributed by atoms with van der Waals surface area (Å²) in [6, 6.07) is 7.66. The number of allylic oxidation sites excluding steroid dienone is 1. The van der Waals surface area contributed by atoms with Crippen molar-refractivity contribution in [3.8, 4) is 16.5 Å². The van der Waals surface area contributed by atoms with Crippen LogP contribution in [-0.4, -0.2) is 4.57 Å². The predicted molar refractivity (Wildman–Crippen MR) is 102 cm³/mol. The van der Waals surface area contributed by atoms with Crippen LogP contribution in [0.1, 0.15) is 19.4 Å². The number of pyridine rings is 1. The highest BCUT2D eigenvalue weighted by atomic mass is 32.2. The molecule has 0 saturated carbocycles. The summed E-state index contributed by atoms with van der Waals surface area (Å²) < 4.78 is 1.66. The molecule has 1 aromatic carbocycles. The Hall–Kier alpha value is -2.51. The van der Waals surface area contributed by atoms with Gasteiger partial charge in [0.1, 0.15) is 5.40 Å². The Kier molecular flexibility index (Phi) is 5.48. The highest BCUT2D eigenvalue weighted by molar-refractivity contribution is 8.03. The molecule has 0 aliphatic rings. The third-order valence-electron chi connectivity index (χ3n) is 3.85. The molecule has 0 atom stereocenters. The number of hydrogen-bond acceptors (Lipinski definition) is 3. The molecule has 0 unspecified atom stereocenters. The number of hydrogen-bond donors (Lipinski definition) is 0. The Balaban J connectivity index is 2.87. The summed E-state index contributed by atoms with van der Waals surface area (Å²) in [5.74, 6) is 0. The average molecular weight is 336 g/mol. The van der Waals surface area contributed by atoms with E-state index in [0.29, 0.717) is 5.56 Å². The van der Waals surface area contributed by atoms with E-state index in [-0.39, 0.29) is 5.56 Å². The molecular weight excluding hydrogens is 316 g/mol. The average Bonchev–Trinajstić information content (AvgIpc) is 2.54. The van der Waals surface area contributed by atoms with Crippen LogP contribution in [0.25, 0.3) is 23.3 Å². The van der Waals surface area contributed by atoms with Gasteiger partial charge in [-0.05, 0) is 73.2 Å². The molecule has 3 nitrogen and oxygen atoms in total. The van der Waals surface area contributed by atoms with Crippen LogP contribution >= 0.6 is 11.8 Å². The molecule has 0 N–H and O–H groups in total. The Morgan fingerprint density at radius 3 is 2.62 bits per heavy atom. The van der Waals surface area contributed by atoms with Gasteiger partial charge in [0.15, 0.2) is 0 Å². The van der Waals surface area contributed by atoms with Crippen molar-refractivity contribution >= 4 is 23.9 Å². The molecule has 0 spiro atoms. The van der Waals surface area contributed by atoms with Gasteiger partial charge in [0.25, 0.3) is 5.56 Å². The van der Waals surface area contributed by atoms with Crippen LogP contribution in [0.5, 0.6) is 0 Å². The normalized spacial score (nSPS) is 12.3. The molecule has 1 heterocycles. The maximum absolute atomic E-state index is 12.9. The molecule has 2 aromatic rings. The molecule has 4 heteroatoms. The minimum Gasteiger partial charge on any atom is -0.311 e. The lowest BCUT2D eigenvalue weighted by molar-refractivity contribution is 0.819. The molecule has 0 bridgehead atoms. The minimum atomic E-state index is -0.0599. The van der Waals surface area contributed by atoms with E-state index >= 15 is 0 Å². The molecule has 24 heavy (non-hydrogen) atoms. The van der Waals surface area contributed by atoms with Crippen LogP contribution in [0, 0.1) is 17.6 Å². The fourth-order valence-electron chi connectivity index (χ4n) is 2.62. The lowest BCUT2D eigenvalue weighted by Crippen LogP contribution is -2.42. The fourth-order valence-corrected chi connectivity index (χ4v) is 3.04. The quantitative estimate of drug-likeness (QED) is 0.639. The highest BCUT2D eigenvalue weighted by Crippen LogP contribution is 2.26. The first-order chi connectivity index (χ1) is 11.4. The Labute approximate surface area is 146 Å². The molecule has 0 aliphatic heterocycles. The van der Waals surface area contributed by atoms with Gasteiger partial charge in [-0.2, -0.15) is 5.26 Å². The maximum atomic E-state index is 12.9. The summed E-state index contributed by atoms with van der Waals surface area (Å²) in [6.45, 7) is 9.74. The van der Waals surface area contributed by atoms with Gasteiger partial charge in [0.05, 0.1) is 5.35 Å². The third kappa shape index (κ3) is 3.52. The van der Waals surface area contributed by atoms with E-state index in [0.717, 1.165) is 43.9 Å². The standard InChI is InChI=1S/C20H20N2OS/c1-6-15-10-18(20(23)22(5)19(15)9-13(2)3)17-11-16(24-12-21)8-7-14(17)4/h6-11H,2H2,1,3-5H3/b15-6?,19-9+. The van der Waals surface area contributed by atoms with Gasteiger partial charge in [-0.25, -0.2) is 0 Å². The van der Waals surface area contributed by atoms with Crippen molar-refractivity contribution in [3.05, 3.63) is 62.9 Å².